The first-order valence-corrected chi connectivity index (χ1v) is 8.70. The molecule has 0 saturated carbocycles. The molecule has 24 heavy (non-hydrogen) atoms. The maximum Gasteiger partial charge on any atom is 0.252 e. The molecule has 0 aliphatic heterocycles. The van der Waals surface area contributed by atoms with Crippen LogP contribution in [0, 0.1) is 0 Å². The molecule has 1 aromatic carbocycles. The molecule has 0 bridgehead atoms. The van der Waals surface area contributed by atoms with Gasteiger partial charge in [0.2, 0.25) is 0 Å². The molecular weight excluding hydrogens is 372 g/mol. The Kier molecular flexibility index (Phi) is 7.06. The van der Waals surface area contributed by atoms with Crippen LogP contribution in [0.4, 0.5) is 0 Å². The van der Waals surface area contributed by atoms with Gasteiger partial charge >= 0.3 is 0 Å². The molecule has 0 aliphatic carbocycles. The third kappa shape index (κ3) is 5.23. The van der Waals surface area contributed by atoms with Crippen molar-refractivity contribution in [3.63, 3.8) is 0 Å². The first-order chi connectivity index (χ1) is 11.6. The molecule has 1 N–H and O–H groups in total. The number of rotatable bonds is 8. The van der Waals surface area contributed by atoms with Gasteiger partial charge in [-0.1, -0.05) is 6.07 Å². The van der Waals surface area contributed by atoms with Crippen molar-refractivity contribution in [2.75, 3.05) is 19.8 Å². The lowest BCUT2D eigenvalue weighted by atomic mass is 10.1. The van der Waals surface area contributed by atoms with E-state index in [2.05, 4.69) is 26.2 Å². The molecule has 6 heteroatoms. The Bertz CT molecular complexity index is 692. The molecule has 0 unspecified atom stereocenters. The minimum absolute atomic E-state index is 0.139. The van der Waals surface area contributed by atoms with E-state index < -0.39 is 0 Å². The molecule has 1 heterocycles. The van der Waals surface area contributed by atoms with Gasteiger partial charge in [0.25, 0.3) is 5.91 Å². The summed E-state index contributed by atoms with van der Waals surface area (Å²) in [6.45, 7) is 5.59. The van der Waals surface area contributed by atoms with Gasteiger partial charge in [-0.15, -0.1) is 0 Å². The first kappa shape index (κ1) is 18.3. The van der Waals surface area contributed by atoms with Gasteiger partial charge in [0, 0.05) is 23.4 Å². The van der Waals surface area contributed by atoms with Crippen LogP contribution < -0.4 is 14.8 Å². The Balaban J connectivity index is 1.94. The first-order valence-electron chi connectivity index (χ1n) is 7.91. The number of halogens is 1. The number of benzene rings is 1. The molecule has 128 valence electrons. The highest BCUT2D eigenvalue weighted by molar-refractivity contribution is 9.10. The van der Waals surface area contributed by atoms with Crippen molar-refractivity contribution in [2.45, 2.75) is 20.3 Å². The van der Waals surface area contributed by atoms with Gasteiger partial charge in [0.05, 0.1) is 18.8 Å². The van der Waals surface area contributed by atoms with Crippen molar-refractivity contribution in [3.8, 4) is 11.5 Å². The van der Waals surface area contributed by atoms with Crippen LogP contribution in [-0.4, -0.2) is 30.6 Å². The smallest absolute Gasteiger partial charge is 0.252 e. The number of pyridine rings is 1. The van der Waals surface area contributed by atoms with Crippen LogP contribution in [0.5, 0.6) is 11.5 Å². The predicted molar refractivity (Wildman–Crippen MR) is 96.8 cm³/mol. The van der Waals surface area contributed by atoms with Crippen LogP contribution >= 0.6 is 15.9 Å². The van der Waals surface area contributed by atoms with E-state index in [0.717, 1.165) is 21.5 Å². The average Bonchev–Trinajstić information content (AvgIpc) is 2.57. The van der Waals surface area contributed by atoms with Crippen molar-refractivity contribution in [2.24, 2.45) is 0 Å². The molecule has 0 aliphatic rings. The molecule has 0 fully saturated rings. The van der Waals surface area contributed by atoms with Crippen LogP contribution in [0.3, 0.4) is 0 Å². The fraction of sp³-hybridized carbons (Fsp3) is 0.333. The number of carbonyl (C=O) groups excluding carboxylic acids is 1. The van der Waals surface area contributed by atoms with Gasteiger partial charge in [0.1, 0.15) is 0 Å². The zero-order chi connectivity index (χ0) is 17.4. The second kappa shape index (κ2) is 9.27. The standard InChI is InChI=1S/C18H21BrN2O3/c1-3-23-16-6-5-13(9-17(16)24-4-2)7-8-21-18(22)14-10-15(19)12-20-11-14/h5-6,9-12H,3-4,7-8H2,1-2H3,(H,21,22). The SMILES string of the molecule is CCOc1ccc(CCNC(=O)c2cncc(Br)c2)cc1OCC. The summed E-state index contributed by atoms with van der Waals surface area (Å²) in [4.78, 5) is 16.1. The Morgan fingerprint density at radius 1 is 1.12 bits per heavy atom. The monoisotopic (exact) mass is 392 g/mol. The van der Waals surface area contributed by atoms with Gasteiger partial charge in [-0.3, -0.25) is 9.78 Å². The van der Waals surface area contributed by atoms with E-state index in [1.54, 1.807) is 18.5 Å². The molecule has 5 nitrogen and oxygen atoms in total. The van der Waals surface area contributed by atoms with Crippen molar-refractivity contribution in [1.29, 1.82) is 0 Å². The van der Waals surface area contributed by atoms with Crippen molar-refractivity contribution < 1.29 is 14.3 Å². The number of amides is 1. The van der Waals surface area contributed by atoms with Crippen molar-refractivity contribution in [3.05, 3.63) is 52.3 Å². The second-order valence-corrected chi connectivity index (χ2v) is 5.96. The fourth-order valence-electron chi connectivity index (χ4n) is 2.21. The van der Waals surface area contributed by atoms with Crippen molar-refractivity contribution >= 4 is 21.8 Å². The third-order valence-corrected chi connectivity index (χ3v) is 3.71. The summed E-state index contributed by atoms with van der Waals surface area (Å²) in [5.41, 5.74) is 1.61. The molecule has 2 aromatic rings. The lowest BCUT2D eigenvalue weighted by Crippen LogP contribution is -2.25. The Labute approximate surface area is 150 Å². The number of aromatic nitrogens is 1. The van der Waals surface area contributed by atoms with E-state index >= 15 is 0 Å². The predicted octanol–water partition coefficient (Wildman–Crippen LogP) is 3.61. The quantitative estimate of drug-likeness (QED) is 0.745. The summed E-state index contributed by atoms with van der Waals surface area (Å²) >= 11 is 3.31. The van der Waals surface area contributed by atoms with Crippen LogP contribution in [0.15, 0.2) is 41.1 Å². The lowest BCUT2D eigenvalue weighted by Gasteiger charge is -2.12. The number of hydrogen-bond acceptors (Lipinski definition) is 4. The van der Waals surface area contributed by atoms with Gasteiger partial charge < -0.3 is 14.8 Å². The Morgan fingerprint density at radius 2 is 1.88 bits per heavy atom. The highest BCUT2D eigenvalue weighted by Gasteiger charge is 2.08. The highest BCUT2D eigenvalue weighted by atomic mass is 79.9. The van der Waals surface area contributed by atoms with Gasteiger partial charge in [-0.25, -0.2) is 0 Å². The highest BCUT2D eigenvalue weighted by Crippen LogP contribution is 2.28. The van der Waals surface area contributed by atoms with E-state index in [1.165, 1.54) is 0 Å². The van der Waals surface area contributed by atoms with E-state index in [-0.39, 0.29) is 5.91 Å². The molecule has 0 atom stereocenters. The minimum atomic E-state index is -0.139. The Morgan fingerprint density at radius 3 is 2.58 bits per heavy atom. The largest absolute Gasteiger partial charge is 0.490 e. The molecule has 1 aromatic heterocycles. The number of hydrogen-bond donors (Lipinski definition) is 1. The maximum atomic E-state index is 12.1. The van der Waals surface area contributed by atoms with Gasteiger partial charge in [0.15, 0.2) is 11.5 Å². The summed E-state index contributed by atoms with van der Waals surface area (Å²) in [6, 6.07) is 7.60. The van der Waals surface area contributed by atoms with Crippen LogP contribution in [0.2, 0.25) is 0 Å². The molecule has 2 rings (SSSR count). The summed E-state index contributed by atoms with van der Waals surface area (Å²) in [5, 5.41) is 2.89. The lowest BCUT2D eigenvalue weighted by molar-refractivity contribution is 0.0953. The average molecular weight is 393 g/mol. The summed E-state index contributed by atoms with van der Waals surface area (Å²) < 4.78 is 11.9. The third-order valence-electron chi connectivity index (χ3n) is 3.27. The zero-order valence-corrected chi connectivity index (χ0v) is 15.4. The Hall–Kier alpha value is -2.08. The van der Waals surface area contributed by atoms with E-state index in [0.29, 0.717) is 31.7 Å². The number of nitrogens with zero attached hydrogens (tertiary/aromatic N) is 1. The maximum absolute atomic E-state index is 12.1. The summed E-state index contributed by atoms with van der Waals surface area (Å²) in [7, 11) is 0. The molecule has 0 saturated heterocycles. The fourth-order valence-corrected chi connectivity index (χ4v) is 2.57. The second-order valence-electron chi connectivity index (χ2n) is 5.04. The van der Waals surface area contributed by atoms with Gasteiger partial charge in [-0.05, 0) is 60.0 Å². The van der Waals surface area contributed by atoms with Crippen LogP contribution in [0.1, 0.15) is 29.8 Å². The topological polar surface area (TPSA) is 60.5 Å². The van der Waals surface area contributed by atoms with E-state index in [1.807, 2.05) is 32.0 Å². The minimum Gasteiger partial charge on any atom is -0.490 e. The molecule has 1 amide bonds. The number of ether oxygens (including phenoxy) is 2. The van der Waals surface area contributed by atoms with Crippen LogP contribution in [0.25, 0.3) is 0 Å². The van der Waals surface area contributed by atoms with E-state index in [4.69, 9.17) is 9.47 Å². The number of carbonyl (C=O) groups is 1. The van der Waals surface area contributed by atoms with Gasteiger partial charge in [-0.2, -0.15) is 0 Å². The summed E-state index contributed by atoms with van der Waals surface area (Å²) in [6.07, 6.45) is 3.90. The zero-order valence-electron chi connectivity index (χ0n) is 13.8. The molecule has 0 spiro atoms. The van der Waals surface area contributed by atoms with E-state index in [9.17, 15) is 4.79 Å². The normalized spacial score (nSPS) is 10.3. The summed E-state index contributed by atoms with van der Waals surface area (Å²) in [5.74, 6) is 1.34. The molecular formula is C18H21BrN2O3. The molecule has 0 radical (unpaired) electrons. The van der Waals surface area contributed by atoms with Crippen molar-refractivity contribution in [1.82, 2.24) is 10.3 Å². The van der Waals surface area contributed by atoms with Crippen LogP contribution in [-0.2, 0) is 6.42 Å². The number of nitrogens with one attached hydrogen (secondary N) is 1.